The number of nitrogens with one attached hydrogen (secondary N) is 2. The van der Waals surface area contributed by atoms with E-state index < -0.39 is 0 Å². The number of anilines is 1. The van der Waals surface area contributed by atoms with E-state index >= 15 is 0 Å². The van der Waals surface area contributed by atoms with Gasteiger partial charge in [0, 0.05) is 30.7 Å². The van der Waals surface area contributed by atoms with Crippen molar-refractivity contribution in [2.75, 3.05) is 11.9 Å². The maximum atomic E-state index is 12.5. The van der Waals surface area contributed by atoms with Crippen LogP contribution in [0.3, 0.4) is 0 Å². The van der Waals surface area contributed by atoms with Crippen molar-refractivity contribution in [3.05, 3.63) is 46.7 Å². The quantitative estimate of drug-likeness (QED) is 0.873. The number of aromatic nitrogens is 2. The number of amides is 2. The van der Waals surface area contributed by atoms with Crippen LogP contribution >= 0.6 is 11.6 Å². The number of nitrogens with zero attached hydrogens (tertiary/aromatic N) is 2. The van der Waals surface area contributed by atoms with Gasteiger partial charge in [0.25, 0.3) is 5.91 Å². The minimum absolute atomic E-state index is 0.0864. The van der Waals surface area contributed by atoms with Gasteiger partial charge in [0.15, 0.2) is 0 Å². The maximum Gasteiger partial charge on any atom is 0.253 e. The lowest BCUT2D eigenvalue weighted by Gasteiger charge is -2.11. The first kappa shape index (κ1) is 16.5. The third-order valence-corrected chi connectivity index (χ3v) is 4.34. The molecule has 24 heavy (non-hydrogen) atoms. The van der Waals surface area contributed by atoms with E-state index in [2.05, 4.69) is 15.7 Å². The van der Waals surface area contributed by atoms with Gasteiger partial charge < -0.3 is 10.6 Å². The van der Waals surface area contributed by atoms with Gasteiger partial charge in [0.05, 0.1) is 17.4 Å². The Morgan fingerprint density at radius 2 is 2.21 bits per heavy atom. The van der Waals surface area contributed by atoms with Crippen LogP contribution in [-0.4, -0.2) is 28.1 Å². The smallest absolute Gasteiger partial charge is 0.253 e. The van der Waals surface area contributed by atoms with Crippen molar-refractivity contribution in [1.82, 2.24) is 15.1 Å². The molecule has 0 aliphatic heterocycles. The van der Waals surface area contributed by atoms with E-state index in [4.69, 9.17) is 11.6 Å². The van der Waals surface area contributed by atoms with Gasteiger partial charge in [0.2, 0.25) is 5.91 Å². The van der Waals surface area contributed by atoms with Gasteiger partial charge in [-0.1, -0.05) is 11.6 Å². The number of hydrogen-bond acceptors (Lipinski definition) is 3. The Hall–Kier alpha value is -2.34. The lowest BCUT2D eigenvalue weighted by atomic mass is 10.1. The normalized spacial score (nSPS) is 19.0. The minimum Gasteiger partial charge on any atom is -0.352 e. The maximum absolute atomic E-state index is 12.5. The van der Waals surface area contributed by atoms with Gasteiger partial charge in [0.1, 0.15) is 0 Å². The first-order chi connectivity index (χ1) is 11.5. The summed E-state index contributed by atoms with van der Waals surface area (Å²) in [6.07, 6.45) is 4.52. The molecule has 1 fully saturated rings. The fourth-order valence-electron chi connectivity index (χ4n) is 2.78. The van der Waals surface area contributed by atoms with Gasteiger partial charge in [-0.3, -0.25) is 14.3 Å². The van der Waals surface area contributed by atoms with Crippen molar-refractivity contribution < 1.29 is 9.59 Å². The lowest BCUT2D eigenvalue weighted by molar-refractivity contribution is -0.117. The van der Waals surface area contributed by atoms with Crippen molar-refractivity contribution in [3.63, 3.8) is 0 Å². The molecule has 3 rings (SSSR count). The largest absolute Gasteiger partial charge is 0.352 e. The van der Waals surface area contributed by atoms with E-state index in [9.17, 15) is 9.59 Å². The molecule has 1 saturated carbocycles. The number of hydrogen-bond donors (Lipinski definition) is 2. The van der Waals surface area contributed by atoms with Crippen LogP contribution in [0, 0.1) is 5.92 Å². The second kappa shape index (κ2) is 6.65. The van der Waals surface area contributed by atoms with E-state index in [1.54, 1.807) is 29.1 Å². The summed E-state index contributed by atoms with van der Waals surface area (Å²) in [6, 6.07) is 4.88. The van der Waals surface area contributed by atoms with Gasteiger partial charge in [-0.05, 0) is 43.0 Å². The van der Waals surface area contributed by atoms with Crippen molar-refractivity contribution in [3.8, 4) is 0 Å². The zero-order valence-electron chi connectivity index (χ0n) is 13.5. The first-order valence-electron chi connectivity index (χ1n) is 7.86. The van der Waals surface area contributed by atoms with Crippen LogP contribution in [0.4, 0.5) is 5.69 Å². The number of aryl methyl sites for hydroxylation is 1. The third kappa shape index (κ3) is 3.43. The number of carbonyl (C=O) groups is 2. The molecule has 0 bridgehead atoms. The van der Waals surface area contributed by atoms with E-state index in [-0.39, 0.29) is 23.7 Å². The van der Waals surface area contributed by atoms with Crippen molar-refractivity contribution in [2.45, 2.75) is 19.3 Å². The molecular formula is C17H19ClN4O2. The monoisotopic (exact) mass is 346 g/mol. The van der Waals surface area contributed by atoms with E-state index in [1.165, 1.54) is 0 Å². The fourth-order valence-corrected chi connectivity index (χ4v) is 2.95. The van der Waals surface area contributed by atoms with Crippen LogP contribution in [0.15, 0.2) is 30.6 Å². The molecule has 1 aliphatic carbocycles. The Kier molecular flexibility index (Phi) is 4.57. The van der Waals surface area contributed by atoms with Crippen LogP contribution in [0.1, 0.15) is 35.2 Å². The van der Waals surface area contributed by atoms with Crippen molar-refractivity contribution in [2.24, 2.45) is 13.0 Å². The number of benzene rings is 1. The molecule has 2 atom stereocenters. The predicted molar refractivity (Wildman–Crippen MR) is 92.1 cm³/mol. The summed E-state index contributed by atoms with van der Waals surface area (Å²) in [5.41, 5.74) is 1.92. The Bertz CT molecular complexity index is 787. The summed E-state index contributed by atoms with van der Waals surface area (Å²) < 4.78 is 1.73. The average molecular weight is 347 g/mol. The second-order valence-electron chi connectivity index (χ2n) is 5.93. The Morgan fingerprint density at radius 1 is 1.42 bits per heavy atom. The van der Waals surface area contributed by atoms with Gasteiger partial charge >= 0.3 is 0 Å². The molecule has 6 nitrogen and oxygen atoms in total. The first-order valence-corrected chi connectivity index (χ1v) is 8.24. The highest BCUT2D eigenvalue weighted by molar-refractivity contribution is 6.31. The van der Waals surface area contributed by atoms with Crippen LogP contribution in [-0.2, 0) is 11.8 Å². The highest BCUT2D eigenvalue weighted by Crippen LogP contribution is 2.47. The second-order valence-corrected chi connectivity index (χ2v) is 6.37. The fraction of sp³-hybridized carbons (Fsp3) is 0.353. The molecule has 0 saturated heterocycles. The number of rotatable bonds is 5. The molecule has 0 spiro atoms. The molecule has 1 heterocycles. The molecule has 0 radical (unpaired) electrons. The molecule has 1 aliphatic rings. The molecule has 1 aromatic carbocycles. The molecule has 126 valence electrons. The molecule has 2 aromatic rings. The zero-order valence-corrected chi connectivity index (χ0v) is 14.3. The standard InChI is InChI=1S/C17H19ClN4O2/c1-3-19-16(23)14-6-11(18)4-5-15(14)21-17(24)13-7-12(13)10-8-20-22(2)9-10/h4-6,8-9,12-13H,3,7H2,1-2H3,(H,19,23)(H,21,24)/t12-,13-/m1/s1. The van der Waals surface area contributed by atoms with Gasteiger partial charge in [-0.15, -0.1) is 0 Å². The Labute approximate surface area is 145 Å². The van der Waals surface area contributed by atoms with Gasteiger partial charge in [-0.25, -0.2) is 0 Å². The van der Waals surface area contributed by atoms with E-state index in [0.717, 1.165) is 12.0 Å². The highest BCUT2D eigenvalue weighted by Gasteiger charge is 2.44. The summed E-state index contributed by atoms with van der Waals surface area (Å²) in [6.45, 7) is 2.34. The van der Waals surface area contributed by atoms with Crippen LogP contribution in [0.2, 0.25) is 5.02 Å². The zero-order chi connectivity index (χ0) is 17.3. The van der Waals surface area contributed by atoms with Crippen LogP contribution in [0.25, 0.3) is 0 Å². The van der Waals surface area contributed by atoms with Crippen molar-refractivity contribution >= 4 is 29.1 Å². The summed E-state index contributed by atoms with van der Waals surface area (Å²) in [4.78, 5) is 24.6. The SMILES string of the molecule is CCNC(=O)c1cc(Cl)ccc1NC(=O)[C@@H]1C[C@@H]1c1cnn(C)c1. The molecule has 1 aromatic heterocycles. The van der Waals surface area contributed by atoms with E-state index in [0.29, 0.717) is 22.8 Å². The summed E-state index contributed by atoms with van der Waals surface area (Å²) in [5.74, 6) is -0.238. The van der Waals surface area contributed by atoms with E-state index in [1.807, 2.05) is 20.2 Å². The summed E-state index contributed by atoms with van der Waals surface area (Å²) >= 11 is 5.98. The highest BCUT2D eigenvalue weighted by atomic mass is 35.5. The third-order valence-electron chi connectivity index (χ3n) is 4.10. The van der Waals surface area contributed by atoms with Crippen LogP contribution in [0.5, 0.6) is 0 Å². The number of halogens is 1. The summed E-state index contributed by atoms with van der Waals surface area (Å²) in [7, 11) is 1.85. The Morgan fingerprint density at radius 3 is 2.88 bits per heavy atom. The molecule has 2 N–H and O–H groups in total. The number of carbonyl (C=O) groups excluding carboxylic acids is 2. The molecule has 7 heteroatoms. The molecular weight excluding hydrogens is 328 g/mol. The van der Waals surface area contributed by atoms with Gasteiger partial charge in [-0.2, -0.15) is 5.10 Å². The topological polar surface area (TPSA) is 76.0 Å². The summed E-state index contributed by atoms with van der Waals surface area (Å²) in [5, 5.41) is 10.2. The molecule has 2 amide bonds. The molecule has 0 unspecified atom stereocenters. The average Bonchev–Trinajstić information content (AvgIpc) is 3.24. The van der Waals surface area contributed by atoms with Crippen molar-refractivity contribution in [1.29, 1.82) is 0 Å². The Balaban J connectivity index is 1.72. The lowest BCUT2D eigenvalue weighted by Crippen LogP contribution is -2.25. The minimum atomic E-state index is -0.255. The van der Waals surface area contributed by atoms with Crippen LogP contribution < -0.4 is 10.6 Å². The predicted octanol–water partition coefficient (Wildman–Crippen LogP) is 2.57.